The molecule has 0 saturated heterocycles. The SMILES string of the molecule is C[C@@H]1Cc2nn(-c3ccccc3)c(-c3ccc(N(C)C)cc3)c2C(=O)[C@@H]1C. The first kappa shape index (κ1) is 17.5. The second-order valence-electron chi connectivity index (χ2n) is 7.69. The third-order valence-electron chi connectivity index (χ3n) is 5.64. The summed E-state index contributed by atoms with van der Waals surface area (Å²) in [6.07, 6.45) is 0.838. The normalized spacial score (nSPS) is 19.0. The first-order valence-electron chi connectivity index (χ1n) is 9.46. The zero-order valence-corrected chi connectivity index (χ0v) is 16.3. The van der Waals surface area contributed by atoms with Crippen molar-refractivity contribution in [2.75, 3.05) is 19.0 Å². The van der Waals surface area contributed by atoms with Crippen molar-refractivity contribution in [3.63, 3.8) is 0 Å². The van der Waals surface area contributed by atoms with E-state index in [-0.39, 0.29) is 11.7 Å². The molecule has 0 fully saturated rings. The Morgan fingerprint density at radius 2 is 1.67 bits per heavy atom. The second-order valence-corrected chi connectivity index (χ2v) is 7.69. The fourth-order valence-corrected chi connectivity index (χ4v) is 3.77. The maximum Gasteiger partial charge on any atom is 0.170 e. The van der Waals surface area contributed by atoms with E-state index in [0.717, 1.165) is 40.3 Å². The number of rotatable bonds is 3. The lowest BCUT2D eigenvalue weighted by atomic mass is 9.78. The number of nitrogens with zero attached hydrogens (tertiary/aromatic N) is 3. The molecule has 4 heteroatoms. The summed E-state index contributed by atoms with van der Waals surface area (Å²) < 4.78 is 1.94. The molecule has 0 amide bonds. The Morgan fingerprint density at radius 3 is 2.30 bits per heavy atom. The summed E-state index contributed by atoms with van der Waals surface area (Å²) in [7, 11) is 4.05. The van der Waals surface area contributed by atoms with Crippen LogP contribution in [0.5, 0.6) is 0 Å². The van der Waals surface area contributed by atoms with Crippen molar-refractivity contribution >= 4 is 11.5 Å². The van der Waals surface area contributed by atoms with E-state index in [0.29, 0.717) is 5.92 Å². The van der Waals surface area contributed by atoms with Gasteiger partial charge in [0.05, 0.1) is 22.6 Å². The molecule has 4 rings (SSSR count). The van der Waals surface area contributed by atoms with Crippen LogP contribution in [0.4, 0.5) is 5.69 Å². The van der Waals surface area contributed by atoms with Gasteiger partial charge in [0, 0.05) is 31.3 Å². The highest BCUT2D eigenvalue weighted by molar-refractivity contribution is 6.05. The van der Waals surface area contributed by atoms with Crippen LogP contribution in [0, 0.1) is 11.8 Å². The highest BCUT2D eigenvalue weighted by Gasteiger charge is 2.36. The van der Waals surface area contributed by atoms with Gasteiger partial charge in [-0.25, -0.2) is 4.68 Å². The summed E-state index contributed by atoms with van der Waals surface area (Å²) in [5, 5.41) is 4.88. The van der Waals surface area contributed by atoms with Crippen LogP contribution < -0.4 is 4.90 Å². The summed E-state index contributed by atoms with van der Waals surface area (Å²) >= 11 is 0. The lowest BCUT2D eigenvalue weighted by Crippen LogP contribution is -2.27. The molecule has 0 unspecified atom stereocenters. The molecule has 0 bridgehead atoms. The minimum absolute atomic E-state index is 0.0192. The van der Waals surface area contributed by atoms with Crippen molar-refractivity contribution < 1.29 is 4.79 Å². The van der Waals surface area contributed by atoms with Crippen LogP contribution in [-0.4, -0.2) is 29.7 Å². The Morgan fingerprint density at radius 1 is 1.00 bits per heavy atom. The number of hydrogen-bond donors (Lipinski definition) is 0. The lowest BCUT2D eigenvalue weighted by molar-refractivity contribution is 0.0877. The molecule has 0 saturated carbocycles. The van der Waals surface area contributed by atoms with Crippen molar-refractivity contribution in [2.45, 2.75) is 20.3 Å². The van der Waals surface area contributed by atoms with Crippen LogP contribution in [-0.2, 0) is 6.42 Å². The Bertz CT molecular complexity index is 971. The maximum atomic E-state index is 13.2. The Hall–Kier alpha value is -2.88. The van der Waals surface area contributed by atoms with Crippen LogP contribution in [0.1, 0.15) is 29.9 Å². The molecule has 0 spiro atoms. The highest BCUT2D eigenvalue weighted by atomic mass is 16.1. The predicted molar refractivity (Wildman–Crippen MR) is 110 cm³/mol. The number of fused-ring (bicyclic) bond motifs is 1. The van der Waals surface area contributed by atoms with Crippen LogP contribution in [0.15, 0.2) is 54.6 Å². The topological polar surface area (TPSA) is 38.1 Å². The van der Waals surface area contributed by atoms with Gasteiger partial charge in [-0.3, -0.25) is 4.79 Å². The van der Waals surface area contributed by atoms with Gasteiger partial charge in [-0.15, -0.1) is 0 Å². The van der Waals surface area contributed by atoms with E-state index < -0.39 is 0 Å². The molecule has 1 aromatic heterocycles. The molecule has 2 aromatic carbocycles. The number of para-hydroxylation sites is 1. The van der Waals surface area contributed by atoms with E-state index >= 15 is 0 Å². The van der Waals surface area contributed by atoms with E-state index in [2.05, 4.69) is 36.1 Å². The largest absolute Gasteiger partial charge is 0.378 e. The van der Waals surface area contributed by atoms with Crippen molar-refractivity contribution in [2.24, 2.45) is 11.8 Å². The Labute approximate surface area is 160 Å². The fourth-order valence-electron chi connectivity index (χ4n) is 3.77. The summed E-state index contributed by atoms with van der Waals surface area (Å²) in [5.41, 5.74) is 5.75. The summed E-state index contributed by atoms with van der Waals surface area (Å²) in [5.74, 6) is 0.538. The van der Waals surface area contributed by atoms with Crippen molar-refractivity contribution in [1.82, 2.24) is 9.78 Å². The third-order valence-corrected chi connectivity index (χ3v) is 5.64. The van der Waals surface area contributed by atoms with Gasteiger partial charge in [-0.1, -0.05) is 44.2 Å². The summed E-state index contributed by atoms with van der Waals surface area (Å²) in [6, 6.07) is 18.4. The van der Waals surface area contributed by atoms with Gasteiger partial charge in [0.15, 0.2) is 5.78 Å². The number of anilines is 1. The minimum Gasteiger partial charge on any atom is -0.378 e. The van der Waals surface area contributed by atoms with Gasteiger partial charge < -0.3 is 4.90 Å². The zero-order valence-electron chi connectivity index (χ0n) is 16.3. The second kappa shape index (κ2) is 6.69. The number of hydrogen-bond acceptors (Lipinski definition) is 3. The number of benzene rings is 2. The van der Waals surface area contributed by atoms with E-state index in [1.165, 1.54) is 0 Å². The first-order valence-corrected chi connectivity index (χ1v) is 9.46. The Kier molecular flexibility index (Phi) is 4.34. The quantitative estimate of drug-likeness (QED) is 0.685. The van der Waals surface area contributed by atoms with E-state index in [1.54, 1.807) is 0 Å². The molecule has 0 radical (unpaired) electrons. The van der Waals surface area contributed by atoms with Crippen LogP contribution >= 0.6 is 0 Å². The van der Waals surface area contributed by atoms with Crippen LogP contribution in [0.3, 0.4) is 0 Å². The summed E-state index contributed by atoms with van der Waals surface area (Å²) in [6.45, 7) is 4.17. The number of carbonyl (C=O) groups excluding carboxylic acids is 1. The minimum atomic E-state index is 0.0192. The molecule has 27 heavy (non-hydrogen) atoms. The van der Waals surface area contributed by atoms with Crippen molar-refractivity contribution in [3.05, 3.63) is 65.9 Å². The molecule has 0 aliphatic heterocycles. The molecular weight excluding hydrogens is 334 g/mol. The smallest absolute Gasteiger partial charge is 0.170 e. The van der Waals surface area contributed by atoms with Gasteiger partial charge in [0.25, 0.3) is 0 Å². The number of Topliss-reactive ketones (excluding diaryl/α,β-unsaturated/α-hetero) is 1. The van der Waals surface area contributed by atoms with E-state index in [9.17, 15) is 4.79 Å². The molecule has 0 N–H and O–H groups in total. The average Bonchev–Trinajstić information content (AvgIpc) is 3.06. The summed E-state index contributed by atoms with van der Waals surface area (Å²) in [4.78, 5) is 15.3. The number of ketones is 1. The number of aromatic nitrogens is 2. The third kappa shape index (κ3) is 2.95. The molecular formula is C23H25N3O. The van der Waals surface area contributed by atoms with Gasteiger partial charge in [-0.2, -0.15) is 5.10 Å². The molecule has 138 valence electrons. The first-order chi connectivity index (χ1) is 13.0. The monoisotopic (exact) mass is 359 g/mol. The molecule has 1 heterocycles. The van der Waals surface area contributed by atoms with Gasteiger partial charge >= 0.3 is 0 Å². The van der Waals surface area contributed by atoms with E-state index in [1.807, 2.05) is 56.0 Å². The average molecular weight is 359 g/mol. The molecule has 1 aliphatic rings. The van der Waals surface area contributed by atoms with Crippen LogP contribution in [0.2, 0.25) is 0 Å². The van der Waals surface area contributed by atoms with Crippen molar-refractivity contribution in [1.29, 1.82) is 0 Å². The molecule has 3 aromatic rings. The standard InChI is InChI=1S/C23H25N3O/c1-15-14-20-21(23(27)16(15)2)22(17-10-12-18(13-11-17)25(3)4)26(24-20)19-8-6-5-7-9-19/h5-13,15-16H,14H2,1-4H3/t15-,16-/m1/s1. The number of carbonyl (C=O) groups is 1. The van der Waals surface area contributed by atoms with E-state index in [4.69, 9.17) is 5.10 Å². The Balaban J connectivity index is 1.94. The lowest BCUT2D eigenvalue weighted by Gasteiger charge is -2.24. The molecule has 2 atom stereocenters. The van der Waals surface area contributed by atoms with Gasteiger partial charge in [0.1, 0.15) is 0 Å². The fraction of sp³-hybridized carbons (Fsp3) is 0.304. The zero-order chi connectivity index (χ0) is 19.1. The van der Waals surface area contributed by atoms with Crippen molar-refractivity contribution in [3.8, 4) is 16.9 Å². The maximum absolute atomic E-state index is 13.2. The van der Waals surface area contributed by atoms with Gasteiger partial charge in [0.2, 0.25) is 0 Å². The predicted octanol–water partition coefficient (Wildman–Crippen LogP) is 4.62. The van der Waals surface area contributed by atoms with Gasteiger partial charge in [-0.05, 0) is 36.6 Å². The highest BCUT2D eigenvalue weighted by Crippen LogP contribution is 2.37. The molecule has 1 aliphatic carbocycles. The molecule has 4 nitrogen and oxygen atoms in total. The van der Waals surface area contributed by atoms with Crippen LogP contribution in [0.25, 0.3) is 16.9 Å².